The number of phenolic OH excluding ortho intramolecular Hbond substituents is 2. The average molecular weight is 216 g/mol. The Labute approximate surface area is 93.0 Å². The van der Waals surface area contributed by atoms with Crippen molar-refractivity contribution in [3.8, 4) is 11.5 Å². The number of ketones is 1. The molecule has 0 spiro atoms. The van der Waals surface area contributed by atoms with Crippen molar-refractivity contribution in [3.63, 3.8) is 0 Å². The second kappa shape index (κ2) is 3.85. The molecule has 0 amide bonds. The summed E-state index contributed by atoms with van der Waals surface area (Å²) in [4.78, 5) is 11.6. The summed E-state index contributed by atoms with van der Waals surface area (Å²) in [7, 11) is 0. The van der Waals surface area contributed by atoms with Gasteiger partial charge in [0.25, 0.3) is 0 Å². The Balaban J connectivity index is 2.78. The van der Waals surface area contributed by atoms with E-state index in [0.29, 0.717) is 11.8 Å². The summed E-state index contributed by atoms with van der Waals surface area (Å²) >= 11 is 0. The van der Waals surface area contributed by atoms with Gasteiger partial charge in [-0.2, -0.15) is 0 Å². The molecule has 0 fully saturated rings. The molecule has 0 saturated heterocycles. The summed E-state index contributed by atoms with van der Waals surface area (Å²) in [5.74, 6) is -0.737. The molecule has 2 aromatic rings. The zero-order valence-corrected chi connectivity index (χ0v) is 8.90. The molecule has 2 rings (SSSR count). The smallest absolute Gasteiger partial charge is 0.169 e. The Morgan fingerprint density at radius 1 is 1.19 bits per heavy atom. The first-order valence-corrected chi connectivity index (χ1v) is 5.12. The van der Waals surface area contributed by atoms with Gasteiger partial charge in [0.05, 0.1) is 5.56 Å². The van der Waals surface area contributed by atoms with Crippen molar-refractivity contribution < 1.29 is 15.0 Å². The molecule has 16 heavy (non-hydrogen) atoms. The van der Waals surface area contributed by atoms with Crippen LogP contribution in [0.4, 0.5) is 0 Å². The van der Waals surface area contributed by atoms with Crippen LogP contribution in [0, 0.1) is 0 Å². The molecule has 0 aliphatic carbocycles. The van der Waals surface area contributed by atoms with E-state index in [0.717, 1.165) is 5.39 Å². The van der Waals surface area contributed by atoms with Gasteiger partial charge in [0, 0.05) is 11.8 Å². The second-order valence-corrected chi connectivity index (χ2v) is 3.62. The SMILES string of the molecule is CCC(=O)c1cc2ccccc2c(O)c1O. The lowest BCUT2D eigenvalue weighted by molar-refractivity contribution is 0.0985. The van der Waals surface area contributed by atoms with Crippen LogP contribution in [0.5, 0.6) is 11.5 Å². The number of Topliss-reactive ketones (excluding diaryl/α,β-unsaturated/α-hetero) is 1. The molecule has 0 aliphatic rings. The molecule has 3 nitrogen and oxygen atoms in total. The molecule has 0 heterocycles. The van der Waals surface area contributed by atoms with E-state index < -0.39 is 0 Å². The first-order chi connectivity index (χ1) is 7.65. The maximum Gasteiger partial charge on any atom is 0.169 e. The molecule has 0 saturated carbocycles. The lowest BCUT2D eigenvalue weighted by atomic mass is 10.0. The van der Waals surface area contributed by atoms with E-state index in [1.165, 1.54) is 0 Å². The molecule has 0 aliphatic heterocycles. The molecular weight excluding hydrogens is 204 g/mol. The van der Waals surface area contributed by atoms with Gasteiger partial charge in [0.15, 0.2) is 17.3 Å². The van der Waals surface area contributed by atoms with E-state index in [4.69, 9.17) is 0 Å². The Morgan fingerprint density at radius 2 is 1.88 bits per heavy atom. The molecular formula is C13H12O3. The molecule has 82 valence electrons. The molecule has 0 radical (unpaired) electrons. The maximum absolute atomic E-state index is 11.6. The quantitative estimate of drug-likeness (QED) is 0.599. The molecule has 0 unspecified atom stereocenters. The Kier molecular flexibility index (Phi) is 2.52. The topological polar surface area (TPSA) is 57.5 Å². The van der Waals surface area contributed by atoms with Gasteiger partial charge < -0.3 is 10.2 Å². The van der Waals surface area contributed by atoms with Crippen molar-refractivity contribution in [2.45, 2.75) is 13.3 Å². The number of phenols is 2. The standard InChI is InChI=1S/C13H12O3/c1-2-11(14)10-7-8-5-3-4-6-9(8)12(15)13(10)16/h3-7,15-16H,2H2,1H3. The van der Waals surface area contributed by atoms with Crippen molar-refractivity contribution in [2.75, 3.05) is 0 Å². The van der Waals surface area contributed by atoms with Crippen LogP contribution in [0.25, 0.3) is 10.8 Å². The number of hydrogen-bond acceptors (Lipinski definition) is 3. The fourth-order valence-corrected chi connectivity index (χ4v) is 1.72. The third-order valence-corrected chi connectivity index (χ3v) is 2.62. The highest BCUT2D eigenvalue weighted by molar-refractivity contribution is 6.05. The van der Waals surface area contributed by atoms with Gasteiger partial charge in [0.2, 0.25) is 0 Å². The zero-order chi connectivity index (χ0) is 11.7. The van der Waals surface area contributed by atoms with Crippen molar-refractivity contribution in [1.82, 2.24) is 0 Å². The largest absolute Gasteiger partial charge is 0.504 e. The predicted octanol–water partition coefficient (Wildman–Crippen LogP) is 2.84. The minimum atomic E-state index is -0.328. The third-order valence-electron chi connectivity index (χ3n) is 2.62. The van der Waals surface area contributed by atoms with E-state index in [1.54, 1.807) is 31.2 Å². The van der Waals surface area contributed by atoms with E-state index >= 15 is 0 Å². The van der Waals surface area contributed by atoms with Crippen LogP contribution >= 0.6 is 0 Å². The van der Waals surface area contributed by atoms with Crippen molar-refractivity contribution in [2.24, 2.45) is 0 Å². The fraction of sp³-hybridized carbons (Fsp3) is 0.154. The van der Waals surface area contributed by atoms with Crippen LogP contribution in [-0.2, 0) is 0 Å². The van der Waals surface area contributed by atoms with E-state index in [2.05, 4.69) is 0 Å². The number of aromatic hydroxyl groups is 2. The summed E-state index contributed by atoms with van der Waals surface area (Å²) in [5, 5.41) is 20.8. The number of rotatable bonds is 2. The van der Waals surface area contributed by atoms with Crippen LogP contribution in [0.2, 0.25) is 0 Å². The van der Waals surface area contributed by atoms with Gasteiger partial charge >= 0.3 is 0 Å². The summed E-state index contributed by atoms with van der Waals surface area (Å²) < 4.78 is 0. The Morgan fingerprint density at radius 3 is 2.56 bits per heavy atom. The molecule has 3 heteroatoms. The van der Waals surface area contributed by atoms with Gasteiger partial charge in [-0.15, -0.1) is 0 Å². The van der Waals surface area contributed by atoms with Crippen LogP contribution in [0.3, 0.4) is 0 Å². The van der Waals surface area contributed by atoms with Crippen molar-refractivity contribution in [3.05, 3.63) is 35.9 Å². The van der Waals surface area contributed by atoms with E-state index in [1.807, 2.05) is 6.07 Å². The number of benzene rings is 2. The molecule has 2 N–H and O–H groups in total. The number of hydrogen-bond donors (Lipinski definition) is 2. The monoisotopic (exact) mass is 216 g/mol. The van der Waals surface area contributed by atoms with Gasteiger partial charge in [-0.05, 0) is 11.5 Å². The van der Waals surface area contributed by atoms with Crippen molar-refractivity contribution >= 4 is 16.6 Å². The van der Waals surface area contributed by atoms with Gasteiger partial charge in [-0.25, -0.2) is 0 Å². The first kappa shape index (κ1) is 10.5. The lowest BCUT2D eigenvalue weighted by Crippen LogP contribution is -1.97. The number of carbonyl (C=O) groups is 1. The van der Waals surface area contributed by atoms with Gasteiger partial charge in [-0.1, -0.05) is 31.2 Å². The molecule has 0 bridgehead atoms. The Hall–Kier alpha value is -2.03. The van der Waals surface area contributed by atoms with E-state index in [-0.39, 0.29) is 22.8 Å². The second-order valence-electron chi connectivity index (χ2n) is 3.62. The lowest BCUT2D eigenvalue weighted by Gasteiger charge is -2.08. The highest BCUT2D eigenvalue weighted by atomic mass is 16.3. The van der Waals surface area contributed by atoms with Crippen LogP contribution in [0.1, 0.15) is 23.7 Å². The predicted molar refractivity (Wildman–Crippen MR) is 61.9 cm³/mol. The summed E-state index contributed by atoms with van der Waals surface area (Å²) in [6.07, 6.45) is 0.297. The molecule has 2 aromatic carbocycles. The highest BCUT2D eigenvalue weighted by Gasteiger charge is 2.15. The van der Waals surface area contributed by atoms with Crippen LogP contribution in [-0.4, -0.2) is 16.0 Å². The van der Waals surface area contributed by atoms with Gasteiger partial charge in [0.1, 0.15) is 0 Å². The third kappa shape index (κ3) is 1.50. The number of carbonyl (C=O) groups excluding carboxylic acids is 1. The van der Waals surface area contributed by atoms with Crippen LogP contribution in [0.15, 0.2) is 30.3 Å². The normalized spacial score (nSPS) is 10.6. The van der Waals surface area contributed by atoms with Crippen molar-refractivity contribution in [1.29, 1.82) is 0 Å². The highest BCUT2D eigenvalue weighted by Crippen LogP contribution is 2.37. The molecule has 0 aromatic heterocycles. The fourth-order valence-electron chi connectivity index (χ4n) is 1.72. The van der Waals surface area contributed by atoms with Crippen LogP contribution < -0.4 is 0 Å². The summed E-state index contributed by atoms with van der Waals surface area (Å²) in [6.45, 7) is 1.72. The average Bonchev–Trinajstić information content (AvgIpc) is 2.33. The van der Waals surface area contributed by atoms with E-state index in [9.17, 15) is 15.0 Å². The minimum Gasteiger partial charge on any atom is -0.504 e. The summed E-state index contributed by atoms with van der Waals surface area (Å²) in [6, 6.07) is 8.68. The summed E-state index contributed by atoms with van der Waals surface area (Å²) in [5.41, 5.74) is 0.179. The van der Waals surface area contributed by atoms with Gasteiger partial charge in [-0.3, -0.25) is 4.79 Å². The minimum absolute atomic E-state index is 0.179. The first-order valence-electron chi connectivity index (χ1n) is 5.12. The Bertz CT molecular complexity index is 558. The number of fused-ring (bicyclic) bond motifs is 1. The molecule has 0 atom stereocenters. The maximum atomic E-state index is 11.6. The zero-order valence-electron chi connectivity index (χ0n) is 8.90.